The molecule has 2 atom stereocenters. The molecule has 2 unspecified atom stereocenters. The van der Waals surface area contributed by atoms with Crippen molar-refractivity contribution < 1.29 is 9.15 Å². The molecular formula is C48H36O2. The number of hydrogen-bond donors (Lipinski definition) is 0. The van der Waals surface area contributed by atoms with Crippen LogP contribution in [0.5, 0.6) is 5.75 Å². The second-order valence-corrected chi connectivity index (χ2v) is 15.6. The topological polar surface area (TPSA) is 22.4 Å². The van der Waals surface area contributed by atoms with Crippen molar-refractivity contribution in [2.24, 2.45) is 0 Å². The first-order valence-electron chi connectivity index (χ1n) is 17.8. The SMILES string of the molecule is CC1(C)c2ccccc2-c2ccc(C3=CC=CC4c5ccc6c(oc7c(-c8ccc9c(c8)C(C)(C)c8ccccc8-9)cccc76)c5OC34)cc21. The van der Waals surface area contributed by atoms with Gasteiger partial charge in [0.05, 0.1) is 0 Å². The number of ether oxygens (including phenoxy) is 1. The molecule has 0 N–H and O–H groups in total. The maximum absolute atomic E-state index is 7.01. The van der Waals surface area contributed by atoms with Crippen LogP contribution in [-0.4, -0.2) is 6.10 Å². The van der Waals surface area contributed by atoms with E-state index in [2.05, 4.69) is 161 Å². The molecule has 1 aliphatic heterocycles. The van der Waals surface area contributed by atoms with E-state index in [-0.39, 0.29) is 22.9 Å². The summed E-state index contributed by atoms with van der Waals surface area (Å²) in [6.07, 6.45) is 6.62. The van der Waals surface area contributed by atoms with Gasteiger partial charge in [0.1, 0.15) is 11.7 Å². The summed E-state index contributed by atoms with van der Waals surface area (Å²) in [5.41, 5.74) is 18.4. The number of furan rings is 1. The molecule has 0 saturated carbocycles. The Hall–Kier alpha value is -5.60. The van der Waals surface area contributed by atoms with E-state index in [4.69, 9.17) is 9.15 Å². The minimum atomic E-state index is -0.112. The van der Waals surface area contributed by atoms with Crippen molar-refractivity contribution in [1.29, 1.82) is 0 Å². The molecule has 0 radical (unpaired) electrons. The van der Waals surface area contributed by atoms with E-state index < -0.39 is 0 Å². The summed E-state index contributed by atoms with van der Waals surface area (Å²) in [6, 6.07) is 42.6. The van der Waals surface area contributed by atoms with Crippen LogP contribution < -0.4 is 4.74 Å². The van der Waals surface area contributed by atoms with Crippen LogP contribution >= 0.6 is 0 Å². The van der Waals surface area contributed by atoms with Crippen LogP contribution in [0, 0.1) is 0 Å². The van der Waals surface area contributed by atoms with Crippen LogP contribution in [0.25, 0.3) is 60.9 Å². The van der Waals surface area contributed by atoms with Crippen molar-refractivity contribution in [2.75, 3.05) is 0 Å². The van der Waals surface area contributed by atoms with Gasteiger partial charge in [-0.2, -0.15) is 0 Å². The molecule has 7 aromatic rings. The van der Waals surface area contributed by atoms with Gasteiger partial charge < -0.3 is 9.15 Å². The molecule has 50 heavy (non-hydrogen) atoms. The van der Waals surface area contributed by atoms with Gasteiger partial charge in [-0.15, -0.1) is 0 Å². The summed E-state index contributed by atoms with van der Waals surface area (Å²) in [5, 5.41) is 2.22. The summed E-state index contributed by atoms with van der Waals surface area (Å²) in [5.74, 6) is 0.998. The van der Waals surface area contributed by atoms with Crippen molar-refractivity contribution in [3.05, 3.63) is 167 Å². The van der Waals surface area contributed by atoms with E-state index in [0.717, 1.165) is 33.3 Å². The quantitative estimate of drug-likeness (QED) is 0.187. The average molecular weight is 645 g/mol. The van der Waals surface area contributed by atoms with E-state index in [9.17, 15) is 0 Å². The normalized spacial score (nSPS) is 19.7. The average Bonchev–Trinajstić information content (AvgIpc) is 3.84. The molecule has 2 heterocycles. The molecule has 0 fully saturated rings. The second kappa shape index (κ2) is 9.55. The van der Waals surface area contributed by atoms with E-state index in [1.54, 1.807) is 0 Å². The third kappa shape index (κ3) is 3.53. The van der Waals surface area contributed by atoms with Crippen LogP contribution in [0.2, 0.25) is 0 Å². The highest BCUT2D eigenvalue weighted by Gasteiger charge is 2.41. The first-order chi connectivity index (χ1) is 24.3. The van der Waals surface area contributed by atoms with Gasteiger partial charge in [0, 0.05) is 44.2 Å². The lowest BCUT2D eigenvalue weighted by Gasteiger charge is -2.25. The van der Waals surface area contributed by atoms with Gasteiger partial charge in [0.25, 0.3) is 0 Å². The predicted molar refractivity (Wildman–Crippen MR) is 205 cm³/mol. The number of hydrogen-bond acceptors (Lipinski definition) is 2. The van der Waals surface area contributed by atoms with Crippen molar-refractivity contribution in [2.45, 2.75) is 50.5 Å². The molecule has 0 amide bonds. The highest BCUT2D eigenvalue weighted by molar-refractivity contribution is 6.11. The van der Waals surface area contributed by atoms with E-state index in [0.29, 0.717) is 0 Å². The minimum Gasteiger partial charge on any atom is -0.480 e. The van der Waals surface area contributed by atoms with Crippen molar-refractivity contribution in [1.82, 2.24) is 0 Å². The maximum atomic E-state index is 7.01. The highest BCUT2D eigenvalue weighted by atomic mass is 16.5. The molecule has 0 bridgehead atoms. The predicted octanol–water partition coefficient (Wildman–Crippen LogP) is 12.4. The number of allylic oxidation sites excluding steroid dienone is 2. The third-order valence-corrected chi connectivity index (χ3v) is 12.3. The number of para-hydroxylation sites is 1. The molecule has 0 saturated heterocycles. The van der Waals surface area contributed by atoms with Gasteiger partial charge in [-0.25, -0.2) is 0 Å². The fraction of sp³-hybridized carbons (Fsp3) is 0.167. The smallest absolute Gasteiger partial charge is 0.177 e. The fourth-order valence-electron chi connectivity index (χ4n) is 9.68. The zero-order valence-electron chi connectivity index (χ0n) is 28.7. The molecule has 6 aromatic carbocycles. The maximum Gasteiger partial charge on any atom is 0.177 e. The Balaban J connectivity index is 1.000. The molecular weight excluding hydrogens is 609 g/mol. The molecule has 2 heteroatoms. The lowest BCUT2D eigenvalue weighted by atomic mass is 9.80. The minimum absolute atomic E-state index is 0.0530. The zero-order chi connectivity index (χ0) is 33.5. The Kier molecular flexibility index (Phi) is 5.40. The van der Waals surface area contributed by atoms with Crippen LogP contribution in [-0.2, 0) is 10.8 Å². The van der Waals surface area contributed by atoms with Crippen molar-refractivity contribution in [3.8, 4) is 39.1 Å². The Morgan fingerprint density at radius 3 is 1.84 bits per heavy atom. The summed E-state index contributed by atoms with van der Waals surface area (Å²) in [7, 11) is 0. The van der Waals surface area contributed by atoms with Gasteiger partial charge in [-0.3, -0.25) is 0 Å². The van der Waals surface area contributed by atoms with Crippen LogP contribution in [0.4, 0.5) is 0 Å². The molecule has 2 nitrogen and oxygen atoms in total. The van der Waals surface area contributed by atoms with Crippen LogP contribution in [0.3, 0.4) is 0 Å². The van der Waals surface area contributed by atoms with Gasteiger partial charge in [0.15, 0.2) is 11.3 Å². The summed E-state index contributed by atoms with van der Waals surface area (Å²) in [4.78, 5) is 0. The van der Waals surface area contributed by atoms with Gasteiger partial charge in [-0.1, -0.05) is 143 Å². The number of rotatable bonds is 2. The lowest BCUT2D eigenvalue weighted by Crippen LogP contribution is -2.22. The first kappa shape index (κ1) is 28.3. The second-order valence-electron chi connectivity index (χ2n) is 15.6. The van der Waals surface area contributed by atoms with E-state index in [1.165, 1.54) is 66.8 Å². The van der Waals surface area contributed by atoms with Crippen LogP contribution in [0.15, 0.2) is 138 Å². The Morgan fingerprint density at radius 2 is 1.12 bits per heavy atom. The first-order valence-corrected chi connectivity index (χ1v) is 17.8. The highest BCUT2D eigenvalue weighted by Crippen LogP contribution is 2.54. The summed E-state index contributed by atoms with van der Waals surface area (Å²) >= 11 is 0. The largest absolute Gasteiger partial charge is 0.480 e. The summed E-state index contributed by atoms with van der Waals surface area (Å²) < 4.78 is 13.9. The van der Waals surface area contributed by atoms with Crippen molar-refractivity contribution >= 4 is 27.5 Å². The summed E-state index contributed by atoms with van der Waals surface area (Å²) in [6.45, 7) is 9.36. The molecule has 3 aliphatic carbocycles. The Morgan fingerprint density at radius 1 is 0.520 bits per heavy atom. The number of benzene rings is 6. The van der Waals surface area contributed by atoms with Crippen LogP contribution in [0.1, 0.15) is 67.0 Å². The van der Waals surface area contributed by atoms with Gasteiger partial charge in [-0.05, 0) is 73.8 Å². The van der Waals surface area contributed by atoms with Crippen molar-refractivity contribution in [3.63, 3.8) is 0 Å². The molecule has 4 aliphatic rings. The third-order valence-electron chi connectivity index (χ3n) is 12.3. The fourth-order valence-corrected chi connectivity index (χ4v) is 9.68. The van der Waals surface area contributed by atoms with Gasteiger partial charge in [0.2, 0.25) is 0 Å². The lowest BCUT2D eigenvalue weighted by molar-refractivity contribution is 0.278. The van der Waals surface area contributed by atoms with Gasteiger partial charge >= 0.3 is 0 Å². The zero-order valence-corrected chi connectivity index (χ0v) is 28.7. The van der Waals surface area contributed by atoms with E-state index in [1.807, 2.05) is 0 Å². The van der Waals surface area contributed by atoms with E-state index >= 15 is 0 Å². The number of fused-ring (bicyclic) bond motifs is 13. The Bertz CT molecular complexity index is 2690. The molecule has 0 spiro atoms. The molecule has 240 valence electrons. The molecule has 1 aromatic heterocycles. The molecule has 11 rings (SSSR count). The monoisotopic (exact) mass is 644 g/mol. The standard InChI is InChI=1S/C48H36O2/c1-47(2)39-17-7-5-11-31(39)33-21-19-27(25-41(33)47)29-13-9-15-35-37-23-24-38-36-16-10-14-30(44(36)50-46(38)45(37)49-43(29)35)28-20-22-34-32-12-6-8-18-40(32)48(3,4)42(34)26-28/h5-26,35,43H,1-4H3. The Labute approximate surface area is 292 Å².